The molecule has 2 amide bonds. The Kier molecular flexibility index (Phi) is 6.93. The van der Waals surface area contributed by atoms with Crippen molar-refractivity contribution in [1.82, 2.24) is 10.2 Å². The molecule has 152 valence electrons. The summed E-state index contributed by atoms with van der Waals surface area (Å²) in [6.07, 6.45) is 7.38. The zero-order valence-electron chi connectivity index (χ0n) is 17.5. The van der Waals surface area contributed by atoms with Gasteiger partial charge in [-0.3, -0.25) is 9.59 Å². The maximum absolute atomic E-state index is 13.2. The summed E-state index contributed by atoms with van der Waals surface area (Å²) >= 11 is 0. The first-order chi connectivity index (χ1) is 13.5. The van der Waals surface area contributed by atoms with Gasteiger partial charge in [0, 0.05) is 19.0 Å². The van der Waals surface area contributed by atoms with Crippen molar-refractivity contribution in [3.05, 3.63) is 42.0 Å². The molecule has 1 aromatic carbocycles. The molecular formula is C24H34N2O2. The second-order valence-corrected chi connectivity index (χ2v) is 8.73. The van der Waals surface area contributed by atoms with Crippen LogP contribution in [0.25, 0.3) is 5.57 Å². The Balaban J connectivity index is 1.63. The molecule has 1 N–H and O–H groups in total. The van der Waals surface area contributed by atoms with Crippen LogP contribution in [0.2, 0.25) is 0 Å². The van der Waals surface area contributed by atoms with E-state index >= 15 is 0 Å². The van der Waals surface area contributed by atoms with Gasteiger partial charge < -0.3 is 10.2 Å². The van der Waals surface area contributed by atoms with Crippen molar-refractivity contribution in [2.75, 3.05) is 13.1 Å². The molecule has 0 aromatic heterocycles. The number of nitrogens with zero attached hydrogens (tertiary/aromatic N) is 1. The molecule has 0 spiro atoms. The van der Waals surface area contributed by atoms with Crippen LogP contribution in [0.5, 0.6) is 0 Å². The topological polar surface area (TPSA) is 49.4 Å². The summed E-state index contributed by atoms with van der Waals surface area (Å²) in [4.78, 5) is 27.9. The SMILES string of the molecule is CC(C)[C@H](NC(=O)[C@@H]1CCCC[C@H]1C)C(=O)N1CC=C(c2ccccc2)CC1. The van der Waals surface area contributed by atoms with E-state index < -0.39 is 6.04 Å². The lowest BCUT2D eigenvalue weighted by Gasteiger charge is -2.34. The lowest BCUT2D eigenvalue weighted by Crippen LogP contribution is -2.53. The highest BCUT2D eigenvalue weighted by Crippen LogP contribution is 2.30. The van der Waals surface area contributed by atoms with Crippen molar-refractivity contribution in [2.45, 2.75) is 58.9 Å². The molecule has 0 bridgehead atoms. The summed E-state index contributed by atoms with van der Waals surface area (Å²) in [6.45, 7) is 7.52. The third-order valence-electron chi connectivity index (χ3n) is 6.34. The van der Waals surface area contributed by atoms with Crippen LogP contribution in [0.3, 0.4) is 0 Å². The van der Waals surface area contributed by atoms with Crippen molar-refractivity contribution in [1.29, 1.82) is 0 Å². The summed E-state index contributed by atoms with van der Waals surface area (Å²) in [6, 6.07) is 9.91. The molecule has 3 rings (SSSR count). The molecule has 0 saturated heterocycles. The number of rotatable bonds is 5. The predicted octanol–water partition coefficient (Wildman–Crippen LogP) is 4.27. The number of nitrogens with one attached hydrogen (secondary N) is 1. The van der Waals surface area contributed by atoms with Gasteiger partial charge in [-0.05, 0) is 42.2 Å². The number of hydrogen-bond donors (Lipinski definition) is 1. The first-order valence-corrected chi connectivity index (χ1v) is 10.8. The van der Waals surface area contributed by atoms with Crippen LogP contribution in [-0.2, 0) is 9.59 Å². The van der Waals surface area contributed by atoms with Gasteiger partial charge in [0.05, 0.1) is 0 Å². The quantitative estimate of drug-likeness (QED) is 0.827. The van der Waals surface area contributed by atoms with E-state index in [1.807, 2.05) is 36.9 Å². The number of hydrogen-bond acceptors (Lipinski definition) is 2. The highest BCUT2D eigenvalue weighted by atomic mass is 16.2. The number of amides is 2. The lowest BCUT2D eigenvalue weighted by molar-refractivity contribution is -0.139. The van der Waals surface area contributed by atoms with Gasteiger partial charge in [-0.2, -0.15) is 0 Å². The van der Waals surface area contributed by atoms with Crippen LogP contribution in [-0.4, -0.2) is 35.8 Å². The van der Waals surface area contributed by atoms with E-state index in [9.17, 15) is 9.59 Å². The Morgan fingerprint density at radius 2 is 1.82 bits per heavy atom. The molecule has 2 aliphatic rings. The Bertz CT molecular complexity index is 711. The van der Waals surface area contributed by atoms with Crippen molar-refractivity contribution in [3.63, 3.8) is 0 Å². The fourth-order valence-corrected chi connectivity index (χ4v) is 4.46. The van der Waals surface area contributed by atoms with Crippen LogP contribution in [0.4, 0.5) is 0 Å². The van der Waals surface area contributed by atoms with E-state index in [4.69, 9.17) is 0 Å². The zero-order chi connectivity index (χ0) is 20.1. The van der Waals surface area contributed by atoms with Gasteiger partial charge in [-0.25, -0.2) is 0 Å². The molecule has 0 unspecified atom stereocenters. The molecule has 0 radical (unpaired) electrons. The van der Waals surface area contributed by atoms with Gasteiger partial charge in [0.1, 0.15) is 6.04 Å². The van der Waals surface area contributed by atoms with Crippen molar-refractivity contribution >= 4 is 17.4 Å². The van der Waals surface area contributed by atoms with Gasteiger partial charge in [0.2, 0.25) is 11.8 Å². The van der Waals surface area contributed by atoms with E-state index in [2.05, 4.69) is 30.4 Å². The minimum atomic E-state index is -0.437. The number of benzene rings is 1. The van der Waals surface area contributed by atoms with E-state index in [0.29, 0.717) is 19.0 Å². The Morgan fingerprint density at radius 1 is 1.11 bits per heavy atom. The van der Waals surface area contributed by atoms with Crippen molar-refractivity contribution in [2.24, 2.45) is 17.8 Å². The molecule has 1 aliphatic heterocycles. The molecular weight excluding hydrogens is 348 g/mol. The minimum Gasteiger partial charge on any atom is -0.344 e. The summed E-state index contributed by atoms with van der Waals surface area (Å²) in [5, 5.41) is 3.11. The maximum atomic E-state index is 13.2. The summed E-state index contributed by atoms with van der Waals surface area (Å²) in [5.74, 6) is 0.651. The molecule has 1 aromatic rings. The Hall–Kier alpha value is -2.10. The third-order valence-corrected chi connectivity index (χ3v) is 6.34. The molecule has 4 heteroatoms. The van der Waals surface area contributed by atoms with Crippen LogP contribution in [0, 0.1) is 17.8 Å². The van der Waals surface area contributed by atoms with Gasteiger partial charge in [0.25, 0.3) is 0 Å². The molecule has 1 saturated carbocycles. The minimum absolute atomic E-state index is 0.0498. The van der Waals surface area contributed by atoms with Gasteiger partial charge >= 0.3 is 0 Å². The number of carbonyl (C=O) groups is 2. The monoisotopic (exact) mass is 382 g/mol. The summed E-state index contributed by atoms with van der Waals surface area (Å²) < 4.78 is 0. The molecule has 1 fully saturated rings. The van der Waals surface area contributed by atoms with Gasteiger partial charge in [0.15, 0.2) is 0 Å². The van der Waals surface area contributed by atoms with E-state index in [1.165, 1.54) is 17.6 Å². The molecule has 1 heterocycles. The highest BCUT2D eigenvalue weighted by Gasteiger charge is 2.34. The van der Waals surface area contributed by atoms with Crippen molar-refractivity contribution in [3.8, 4) is 0 Å². The first-order valence-electron chi connectivity index (χ1n) is 10.8. The maximum Gasteiger partial charge on any atom is 0.245 e. The third kappa shape index (κ3) is 4.84. The lowest BCUT2D eigenvalue weighted by atomic mass is 9.79. The van der Waals surface area contributed by atoms with Crippen LogP contribution < -0.4 is 5.32 Å². The highest BCUT2D eigenvalue weighted by molar-refractivity contribution is 5.89. The first kappa shape index (κ1) is 20.6. The summed E-state index contributed by atoms with van der Waals surface area (Å²) in [7, 11) is 0. The van der Waals surface area contributed by atoms with Crippen LogP contribution in [0.1, 0.15) is 58.4 Å². The average Bonchev–Trinajstić information content (AvgIpc) is 2.72. The van der Waals surface area contributed by atoms with Crippen molar-refractivity contribution < 1.29 is 9.59 Å². The van der Waals surface area contributed by atoms with Gasteiger partial charge in [-0.15, -0.1) is 0 Å². The molecule has 1 aliphatic carbocycles. The fourth-order valence-electron chi connectivity index (χ4n) is 4.46. The zero-order valence-corrected chi connectivity index (χ0v) is 17.5. The van der Waals surface area contributed by atoms with Crippen LogP contribution >= 0.6 is 0 Å². The second-order valence-electron chi connectivity index (χ2n) is 8.73. The average molecular weight is 383 g/mol. The van der Waals surface area contributed by atoms with Gasteiger partial charge in [-0.1, -0.05) is 70.0 Å². The molecule has 4 nitrogen and oxygen atoms in total. The second kappa shape index (κ2) is 9.40. The molecule has 28 heavy (non-hydrogen) atoms. The largest absolute Gasteiger partial charge is 0.344 e. The van der Waals surface area contributed by atoms with E-state index in [-0.39, 0.29) is 23.7 Å². The fraction of sp³-hybridized carbons (Fsp3) is 0.583. The normalized spacial score (nSPS) is 23.9. The Labute approximate surface area is 169 Å². The van der Waals surface area contributed by atoms with E-state index in [1.54, 1.807) is 0 Å². The molecule has 3 atom stereocenters. The standard InChI is InChI=1S/C24H34N2O2/c1-17(2)22(25-23(27)21-12-8-7-9-18(21)3)24(28)26-15-13-20(14-16-26)19-10-5-4-6-11-19/h4-6,10-11,13,17-18,21-22H,7-9,12,14-16H2,1-3H3,(H,25,27)/t18-,21-,22+/m1/s1. The van der Waals surface area contributed by atoms with E-state index in [0.717, 1.165) is 25.7 Å². The van der Waals surface area contributed by atoms with Crippen LogP contribution in [0.15, 0.2) is 36.4 Å². The number of carbonyl (C=O) groups excluding carboxylic acids is 2. The summed E-state index contributed by atoms with van der Waals surface area (Å²) in [5.41, 5.74) is 2.53. The smallest absolute Gasteiger partial charge is 0.245 e. The predicted molar refractivity (Wildman–Crippen MR) is 114 cm³/mol. The Morgan fingerprint density at radius 3 is 2.43 bits per heavy atom.